The van der Waals surface area contributed by atoms with Gasteiger partial charge in [0, 0.05) is 11.3 Å². The van der Waals surface area contributed by atoms with Gasteiger partial charge in [0.25, 0.3) is 5.91 Å². The van der Waals surface area contributed by atoms with Crippen LogP contribution >= 0.6 is 0 Å². The van der Waals surface area contributed by atoms with Crippen LogP contribution in [-0.2, 0) is 20.8 Å². The van der Waals surface area contributed by atoms with Crippen LogP contribution in [0.15, 0.2) is 30.4 Å². The molecule has 2 rings (SSSR count). The van der Waals surface area contributed by atoms with Gasteiger partial charge in [0.05, 0.1) is 11.2 Å². The van der Waals surface area contributed by atoms with Crippen molar-refractivity contribution in [3.05, 3.63) is 35.9 Å². The van der Waals surface area contributed by atoms with Crippen molar-refractivity contribution in [3.8, 4) is 0 Å². The van der Waals surface area contributed by atoms with Crippen molar-refractivity contribution in [2.75, 3.05) is 5.32 Å². The molecule has 1 saturated heterocycles. The topological polar surface area (TPSA) is 47.6 Å². The fourth-order valence-electron chi connectivity index (χ4n) is 2.24. The van der Waals surface area contributed by atoms with Gasteiger partial charge in [0.2, 0.25) is 0 Å². The zero-order chi connectivity index (χ0) is 17.4. The molecular weight excluding hydrogens is 296 g/mol. The van der Waals surface area contributed by atoms with Crippen molar-refractivity contribution in [2.45, 2.75) is 52.5 Å². The Hall–Kier alpha value is -1.66. The van der Waals surface area contributed by atoms with Gasteiger partial charge in [-0.1, -0.05) is 12.6 Å². The van der Waals surface area contributed by atoms with Crippen molar-refractivity contribution in [3.63, 3.8) is 0 Å². The molecule has 0 aromatic heterocycles. The van der Waals surface area contributed by atoms with Gasteiger partial charge in [-0.2, -0.15) is 0 Å². The van der Waals surface area contributed by atoms with E-state index in [2.05, 4.69) is 11.9 Å². The van der Waals surface area contributed by atoms with Gasteiger partial charge in [0.15, 0.2) is 0 Å². The average Bonchev–Trinajstić information content (AvgIpc) is 2.66. The highest BCUT2D eigenvalue weighted by Crippen LogP contribution is 2.36. The van der Waals surface area contributed by atoms with Crippen molar-refractivity contribution in [1.29, 1.82) is 0 Å². The summed E-state index contributed by atoms with van der Waals surface area (Å²) in [6.45, 7) is 12.3. The monoisotopic (exact) mass is 319 g/mol. The molecule has 1 fully saturated rings. The molecule has 0 radical (unpaired) electrons. The van der Waals surface area contributed by atoms with Crippen LogP contribution in [0.3, 0.4) is 0 Å². The Kier molecular flexibility index (Phi) is 4.69. The molecule has 1 N–H and O–H groups in total. The molecule has 0 spiro atoms. The van der Waals surface area contributed by atoms with E-state index in [0.717, 1.165) is 0 Å². The van der Waals surface area contributed by atoms with Gasteiger partial charge in [-0.3, -0.25) is 4.79 Å². The lowest BCUT2D eigenvalue weighted by Gasteiger charge is -2.32. The third kappa shape index (κ3) is 3.48. The summed E-state index contributed by atoms with van der Waals surface area (Å²) in [7, 11) is -0.628. The molecule has 0 bridgehead atoms. The third-order valence-electron chi connectivity index (χ3n) is 4.44. The number of anilines is 1. The largest absolute Gasteiger partial charge is 0.495 e. The summed E-state index contributed by atoms with van der Waals surface area (Å²) in [5, 5.41) is 2.68. The Morgan fingerprint density at radius 3 is 2.30 bits per heavy atom. The van der Waals surface area contributed by atoms with E-state index in [1.165, 1.54) is 0 Å². The summed E-state index contributed by atoms with van der Waals surface area (Å²) >= 11 is 0. The van der Waals surface area contributed by atoms with Gasteiger partial charge in [-0.05, 0) is 57.8 Å². The predicted octanol–water partition coefficient (Wildman–Crippen LogP) is 2.97. The van der Waals surface area contributed by atoms with Gasteiger partial charge in [-0.15, -0.1) is 0 Å². The molecule has 1 aliphatic rings. The highest BCUT2D eigenvalue weighted by Gasteiger charge is 2.52. The van der Waals surface area contributed by atoms with Gasteiger partial charge < -0.3 is 14.6 Å². The number of nitrogens with one attached hydrogen (secondary N) is 1. The van der Waals surface area contributed by atoms with Crippen LogP contribution in [0.4, 0.5) is 10.1 Å². The number of amides is 1. The highest BCUT2D eigenvalue weighted by atomic mass is 19.1. The Bertz CT molecular complexity index is 627. The molecule has 1 aromatic carbocycles. The van der Waals surface area contributed by atoms with E-state index >= 15 is 0 Å². The Labute approximate surface area is 137 Å². The number of benzene rings is 1. The number of carbonyl (C=O) groups excluding carboxylic acids is 1. The molecule has 0 atom stereocenters. The van der Waals surface area contributed by atoms with E-state index in [4.69, 9.17) is 9.31 Å². The van der Waals surface area contributed by atoms with Gasteiger partial charge in [-0.25, -0.2) is 4.39 Å². The minimum atomic E-state index is -0.670. The number of alkyl halides is 1. The molecule has 1 aliphatic heterocycles. The molecular formula is C17H23BFNO3. The minimum absolute atomic E-state index is 0.293. The molecule has 4 nitrogen and oxygen atoms in total. The lowest BCUT2D eigenvalue weighted by Crippen LogP contribution is -2.41. The van der Waals surface area contributed by atoms with E-state index in [1.807, 2.05) is 27.7 Å². The number of rotatable bonds is 4. The Morgan fingerprint density at radius 1 is 1.26 bits per heavy atom. The van der Waals surface area contributed by atoms with Crippen LogP contribution in [0.25, 0.3) is 0 Å². The summed E-state index contributed by atoms with van der Waals surface area (Å²) in [6, 6.07) is 5.03. The number of halogens is 1. The molecule has 0 unspecified atom stereocenters. The van der Waals surface area contributed by atoms with Crippen LogP contribution in [0, 0.1) is 0 Å². The molecule has 1 aromatic rings. The Morgan fingerprint density at radius 2 is 1.83 bits per heavy atom. The van der Waals surface area contributed by atoms with Crippen molar-refractivity contribution in [1.82, 2.24) is 0 Å². The van der Waals surface area contributed by atoms with Crippen molar-refractivity contribution < 1.29 is 18.5 Å². The van der Waals surface area contributed by atoms with Crippen LogP contribution in [-0.4, -0.2) is 24.2 Å². The zero-order valence-electron chi connectivity index (χ0n) is 14.3. The molecule has 1 heterocycles. The van der Waals surface area contributed by atoms with E-state index in [0.29, 0.717) is 22.3 Å². The SMILES string of the molecule is C=C(C)C(=O)Nc1ccc(B2OC(C)(C)C(C)(C)O2)c(CF)c1. The summed E-state index contributed by atoms with van der Waals surface area (Å²) in [5.74, 6) is -0.293. The van der Waals surface area contributed by atoms with Crippen LogP contribution in [0.1, 0.15) is 40.2 Å². The smallest absolute Gasteiger partial charge is 0.399 e. The minimum Gasteiger partial charge on any atom is -0.399 e. The van der Waals surface area contributed by atoms with Crippen LogP contribution in [0.5, 0.6) is 0 Å². The fourth-order valence-corrected chi connectivity index (χ4v) is 2.24. The lowest BCUT2D eigenvalue weighted by atomic mass is 9.76. The first kappa shape index (κ1) is 17.7. The number of carbonyl (C=O) groups is 1. The van der Waals surface area contributed by atoms with Crippen molar-refractivity contribution in [2.24, 2.45) is 0 Å². The van der Waals surface area contributed by atoms with E-state index in [-0.39, 0.29) is 5.91 Å². The molecule has 124 valence electrons. The number of hydrogen-bond donors (Lipinski definition) is 1. The fraction of sp³-hybridized carbons (Fsp3) is 0.471. The first-order valence-electron chi connectivity index (χ1n) is 7.58. The third-order valence-corrected chi connectivity index (χ3v) is 4.44. The standard InChI is InChI=1S/C17H23BFNO3/c1-11(2)15(21)20-13-7-8-14(12(9-13)10-19)18-22-16(3,4)17(5,6)23-18/h7-9H,1,10H2,2-6H3,(H,20,21). The molecule has 6 heteroatoms. The van der Waals surface area contributed by atoms with E-state index in [1.54, 1.807) is 25.1 Å². The molecule has 1 amide bonds. The second-order valence-electron chi connectivity index (χ2n) is 6.87. The van der Waals surface area contributed by atoms with Crippen molar-refractivity contribution >= 4 is 24.2 Å². The summed E-state index contributed by atoms with van der Waals surface area (Å²) < 4.78 is 25.4. The maximum absolute atomic E-state index is 13.5. The second kappa shape index (κ2) is 6.09. The van der Waals surface area contributed by atoms with E-state index in [9.17, 15) is 9.18 Å². The Balaban J connectivity index is 2.28. The molecule has 0 aliphatic carbocycles. The summed E-state index contributed by atoms with van der Waals surface area (Å²) in [5.41, 5.74) is 1.01. The zero-order valence-corrected chi connectivity index (χ0v) is 14.3. The molecule has 23 heavy (non-hydrogen) atoms. The molecule has 0 saturated carbocycles. The quantitative estimate of drug-likeness (QED) is 0.686. The maximum atomic E-state index is 13.5. The van der Waals surface area contributed by atoms with Crippen LogP contribution in [0.2, 0.25) is 0 Å². The van der Waals surface area contributed by atoms with Crippen LogP contribution < -0.4 is 10.8 Å². The van der Waals surface area contributed by atoms with Gasteiger partial charge in [0.1, 0.15) is 6.67 Å². The number of hydrogen-bond acceptors (Lipinski definition) is 3. The highest BCUT2D eigenvalue weighted by molar-refractivity contribution is 6.62. The van der Waals surface area contributed by atoms with E-state index < -0.39 is 25.0 Å². The lowest BCUT2D eigenvalue weighted by molar-refractivity contribution is -0.112. The maximum Gasteiger partial charge on any atom is 0.495 e. The second-order valence-corrected chi connectivity index (χ2v) is 6.87. The summed E-state index contributed by atoms with van der Waals surface area (Å²) in [6.07, 6.45) is 0. The predicted molar refractivity (Wildman–Crippen MR) is 90.4 cm³/mol. The summed E-state index contributed by atoms with van der Waals surface area (Å²) in [4.78, 5) is 11.7. The normalized spacial score (nSPS) is 18.8. The average molecular weight is 319 g/mol. The first-order chi connectivity index (χ1) is 10.6. The first-order valence-corrected chi connectivity index (χ1v) is 7.58. The van der Waals surface area contributed by atoms with Gasteiger partial charge >= 0.3 is 7.12 Å².